The summed E-state index contributed by atoms with van der Waals surface area (Å²) in [7, 11) is 0. The predicted octanol–water partition coefficient (Wildman–Crippen LogP) is 4.53. The number of thioether (sulfide) groups is 1. The van der Waals surface area contributed by atoms with E-state index in [1.165, 1.54) is 16.8 Å². The molecule has 0 bridgehead atoms. The van der Waals surface area contributed by atoms with Crippen molar-refractivity contribution in [1.82, 2.24) is 15.0 Å². The van der Waals surface area contributed by atoms with Crippen molar-refractivity contribution in [1.29, 1.82) is 0 Å². The first-order chi connectivity index (χ1) is 14.2. The maximum atomic E-state index is 13.0. The number of aryl methyl sites for hydroxylation is 1. The molecule has 1 aliphatic heterocycles. The molecular formula is C21H18N4O3S. The Balaban J connectivity index is 1.35. The van der Waals surface area contributed by atoms with Gasteiger partial charge in [-0.2, -0.15) is 5.10 Å². The number of nitrogens with zero attached hydrogens (tertiary/aromatic N) is 3. The third-order valence-corrected chi connectivity index (χ3v) is 5.65. The molecule has 29 heavy (non-hydrogen) atoms. The Kier molecular flexibility index (Phi) is 4.48. The van der Waals surface area contributed by atoms with Gasteiger partial charge in [-0.05, 0) is 48.9 Å². The molecule has 0 saturated carbocycles. The smallest absolute Gasteiger partial charge is 0.253 e. The molecular weight excluding hydrogens is 388 g/mol. The Labute approximate surface area is 170 Å². The molecule has 0 aliphatic carbocycles. The molecule has 1 aliphatic rings. The maximum absolute atomic E-state index is 13.0. The summed E-state index contributed by atoms with van der Waals surface area (Å²) in [6.45, 7) is 2.04. The van der Waals surface area contributed by atoms with E-state index in [2.05, 4.69) is 15.1 Å². The van der Waals surface area contributed by atoms with Crippen LogP contribution in [0.15, 0.2) is 74.1 Å². The first kappa shape index (κ1) is 17.8. The number of aromatic amines is 1. The number of hydrogen-bond acceptors (Lipinski definition) is 6. The van der Waals surface area contributed by atoms with E-state index in [1.54, 1.807) is 12.5 Å². The molecule has 1 aromatic carbocycles. The largest absolute Gasteiger partial charge is 0.467 e. The summed E-state index contributed by atoms with van der Waals surface area (Å²) in [5.74, 6) is 1.46. The number of amides is 1. The van der Waals surface area contributed by atoms with Crippen molar-refractivity contribution in [3.8, 4) is 0 Å². The first-order valence-electron chi connectivity index (χ1n) is 9.23. The zero-order valence-electron chi connectivity index (χ0n) is 15.7. The Morgan fingerprint density at radius 3 is 2.90 bits per heavy atom. The van der Waals surface area contributed by atoms with Gasteiger partial charge in [0.25, 0.3) is 5.91 Å². The van der Waals surface area contributed by atoms with Crippen molar-refractivity contribution < 1.29 is 13.6 Å². The Bertz CT molecular complexity index is 1180. The van der Waals surface area contributed by atoms with Gasteiger partial charge in [-0.25, -0.2) is 9.99 Å². The van der Waals surface area contributed by atoms with Gasteiger partial charge >= 0.3 is 0 Å². The molecule has 4 aromatic rings. The van der Waals surface area contributed by atoms with Crippen LogP contribution in [0.5, 0.6) is 0 Å². The highest BCUT2D eigenvalue weighted by Gasteiger charge is 2.35. The van der Waals surface area contributed by atoms with Gasteiger partial charge in [0.2, 0.25) is 0 Å². The van der Waals surface area contributed by atoms with Crippen LogP contribution in [0.2, 0.25) is 0 Å². The molecule has 1 unspecified atom stereocenters. The quantitative estimate of drug-likeness (QED) is 0.492. The van der Waals surface area contributed by atoms with Gasteiger partial charge < -0.3 is 13.8 Å². The fraction of sp³-hybridized carbons (Fsp3) is 0.190. The number of benzene rings is 1. The van der Waals surface area contributed by atoms with Crippen LogP contribution in [0.25, 0.3) is 11.0 Å². The Hall–Kier alpha value is -3.26. The lowest BCUT2D eigenvalue weighted by molar-refractivity contribution is -0.130. The van der Waals surface area contributed by atoms with E-state index in [1.807, 2.05) is 49.4 Å². The third kappa shape index (κ3) is 3.47. The molecule has 8 heteroatoms. The van der Waals surface area contributed by atoms with Crippen molar-refractivity contribution in [3.05, 3.63) is 72.1 Å². The van der Waals surface area contributed by atoms with Crippen LogP contribution in [0.4, 0.5) is 0 Å². The summed E-state index contributed by atoms with van der Waals surface area (Å²) in [5, 5.41) is 6.74. The number of aromatic nitrogens is 2. The van der Waals surface area contributed by atoms with Gasteiger partial charge in [0.1, 0.15) is 23.3 Å². The summed E-state index contributed by atoms with van der Waals surface area (Å²) in [5.41, 5.74) is 3.74. The Morgan fingerprint density at radius 2 is 2.10 bits per heavy atom. The van der Waals surface area contributed by atoms with E-state index in [9.17, 15) is 4.79 Å². The minimum absolute atomic E-state index is 0.116. The lowest BCUT2D eigenvalue weighted by Crippen LogP contribution is -2.28. The van der Waals surface area contributed by atoms with Gasteiger partial charge in [0.05, 0.1) is 29.3 Å². The average Bonchev–Trinajstić information content (AvgIpc) is 3.51. The van der Waals surface area contributed by atoms with Crippen molar-refractivity contribution >= 4 is 34.4 Å². The summed E-state index contributed by atoms with van der Waals surface area (Å²) < 4.78 is 11.0. The molecule has 146 valence electrons. The van der Waals surface area contributed by atoms with Crippen LogP contribution in [-0.2, 0) is 4.79 Å². The van der Waals surface area contributed by atoms with Crippen molar-refractivity contribution in [2.45, 2.75) is 24.5 Å². The predicted molar refractivity (Wildman–Crippen MR) is 110 cm³/mol. The second-order valence-corrected chi connectivity index (χ2v) is 7.81. The van der Waals surface area contributed by atoms with Gasteiger partial charge in [-0.15, -0.1) is 0 Å². The van der Waals surface area contributed by atoms with Gasteiger partial charge in [-0.3, -0.25) is 4.79 Å². The number of furan rings is 2. The fourth-order valence-electron chi connectivity index (χ4n) is 3.40. The van der Waals surface area contributed by atoms with E-state index in [-0.39, 0.29) is 17.7 Å². The lowest BCUT2D eigenvalue weighted by Gasteiger charge is -2.19. The topological polar surface area (TPSA) is 87.6 Å². The third-order valence-electron chi connectivity index (χ3n) is 4.79. The van der Waals surface area contributed by atoms with Crippen LogP contribution >= 0.6 is 11.8 Å². The van der Waals surface area contributed by atoms with Crippen LogP contribution in [0.3, 0.4) is 0 Å². The van der Waals surface area contributed by atoms with E-state index in [0.717, 1.165) is 22.3 Å². The molecule has 0 fully saturated rings. The average molecular weight is 406 g/mol. The van der Waals surface area contributed by atoms with Crippen molar-refractivity contribution in [3.63, 3.8) is 0 Å². The van der Waals surface area contributed by atoms with E-state index in [0.29, 0.717) is 23.1 Å². The summed E-state index contributed by atoms with van der Waals surface area (Å²) in [6, 6.07) is 13.1. The normalized spacial score (nSPS) is 16.5. The monoisotopic (exact) mass is 406 g/mol. The second kappa shape index (κ2) is 7.29. The molecule has 3 aromatic heterocycles. The second-order valence-electron chi connectivity index (χ2n) is 6.85. The number of carbonyl (C=O) groups excluding carboxylic acids is 1. The highest BCUT2D eigenvalue weighted by Crippen LogP contribution is 2.34. The molecule has 5 rings (SSSR count). The molecule has 1 amide bonds. The SMILES string of the molecule is Cc1ccc2nc(SCC(=O)N3N=C(c4ccco4)CC3c3ccco3)[nH]c2c1. The minimum Gasteiger partial charge on any atom is -0.467 e. The van der Waals surface area contributed by atoms with E-state index in [4.69, 9.17) is 8.83 Å². The van der Waals surface area contributed by atoms with Crippen LogP contribution in [-0.4, -0.2) is 32.3 Å². The molecule has 1 atom stereocenters. The summed E-state index contributed by atoms with van der Waals surface area (Å²) in [4.78, 5) is 20.8. The van der Waals surface area contributed by atoms with Gasteiger partial charge in [0, 0.05) is 6.42 Å². The first-order valence-corrected chi connectivity index (χ1v) is 10.2. The number of hydrogen-bond donors (Lipinski definition) is 1. The highest BCUT2D eigenvalue weighted by atomic mass is 32.2. The number of hydrazone groups is 1. The number of carbonyl (C=O) groups is 1. The molecule has 1 N–H and O–H groups in total. The zero-order valence-corrected chi connectivity index (χ0v) is 16.5. The minimum atomic E-state index is -0.281. The number of rotatable bonds is 5. The molecule has 0 radical (unpaired) electrons. The van der Waals surface area contributed by atoms with Crippen LogP contribution < -0.4 is 0 Å². The number of imidazole rings is 1. The Morgan fingerprint density at radius 1 is 1.24 bits per heavy atom. The number of nitrogens with one attached hydrogen (secondary N) is 1. The van der Waals surface area contributed by atoms with E-state index < -0.39 is 0 Å². The van der Waals surface area contributed by atoms with Crippen molar-refractivity contribution in [2.24, 2.45) is 5.10 Å². The maximum Gasteiger partial charge on any atom is 0.253 e. The molecule has 4 heterocycles. The molecule has 0 spiro atoms. The molecule has 0 saturated heterocycles. The van der Waals surface area contributed by atoms with Crippen LogP contribution in [0.1, 0.15) is 29.5 Å². The van der Waals surface area contributed by atoms with Crippen LogP contribution in [0, 0.1) is 6.92 Å². The van der Waals surface area contributed by atoms with Gasteiger partial charge in [0.15, 0.2) is 5.16 Å². The fourth-order valence-corrected chi connectivity index (χ4v) is 4.14. The standard InChI is InChI=1S/C21H18N4O3S/c1-13-6-7-14-15(10-13)23-21(22-14)29-12-20(26)25-17(19-5-3-9-28-19)11-16(24-25)18-4-2-8-27-18/h2-10,17H,11-12H2,1H3,(H,22,23). The van der Waals surface area contributed by atoms with Gasteiger partial charge in [-0.1, -0.05) is 17.8 Å². The highest BCUT2D eigenvalue weighted by molar-refractivity contribution is 7.99. The summed E-state index contributed by atoms with van der Waals surface area (Å²) in [6.07, 6.45) is 3.75. The summed E-state index contributed by atoms with van der Waals surface area (Å²) >= 11 is 1.36. The number of H-pyrrole nitrogens is 1. The number of fused-ring (bicyclic) bond motifs is 1. The molecule has 7 nitrogen and oxygen atoms in total. The van der Waals surface area contributed by atoms with E-state index >= 15 is 0 Å². The van der Waals surface area contributed by atoms with Crippen molar-refractivity contribution in [2.75, 3.05) is 5.75 Å². The lowest BCUT2D eigenvalue weighted by atomic mass is 10.1. The zero-order chi connectivity index (χ0) is 19.8.